The predicted octanol–water partition coefficient (Wildman–Crippen LogP) is 11.6. The van der Waals surface area contributed by atoms with Crippen LogP contribution in [0.3, 0.4) is 0 Å². The highest BCUT2D eigenvalue weighted by Gasteiger charge is 2.56. The summed E-state index contributed by atoms with van der Waals surface area (Å²) in [6, 6.07) is 56.0. The lowest BCUT2D eigenvalue weighted by Crippen LogP contribution is -2.31. The zero-order chi connectivity index (χ0) is 29.1. The molecule has 0 amide bonds. The minimum atomic E-state index is 0.192. The highest BCUT2D eigenvalue weighted by Crippen LogP contribution is 2.66. The van der Waals surface area contributed by atoms with Crippen LogP contribution in [0.1, 0.15) is 36.8 Å². The molecular weight excluding hydrogens is 530 g/mol. The molecule has 3 atom stereocenters. The first-order valence-corrected chi connectivity index (χ1v) is 16.1. The fourth-order valence-electron chi connectivity index (χ4n) is 8.92. The lowest BCUT2D eigenvalue weighted by atomic mass is 9.67. The molecule has 0 N–H and O–H groups in total. The average molecular weight is 566 g/mol. The van der Waals surface area contributed by atoms with E-state index in [1.807, 2.05) is 0 Å². The third kappa shape index (κ3) is 3.85. The van der Waals surface area contributed by atoms with Gasteiger partial charge < -0.3 is 4.90 Å². The molecule has 1 nitrogen and oxygen atoms in total. The molecule has 6 aromatic rings. The molecule has 0 aromatic heterocycles. The van der Waals surface area contributed by atoms with E-state index in [0.717, 1.165) is 17.5 Å². The van der Waals surface area contributed by atoms with Crippen molar-refractivity contribution in [3.05, 3.63) is 163 Å². The zero-order valence-electron chi connectivity index (χ0n) is 24.9. The Morgan fingerprint density at radius 3 is 1.82 bits per heavy atom. The Hall–Kier alpha value is -4.88. The minimum absolute atomic E-state index is 0.192. The molecule has 2 fully saturated rings. The van der Waals surface area contributed by atoms with Crippen molar-refractivity contribution >= 4 is 17.1 Å². The van der Waals surface area contributed by atoms with Gasteiger partial charge in [0.2, 0.25) is 0 Å². The van der Waals surface area contributed by atoms with Crippen molar-refractivity contribution in [2.45, 2.75) is 31.1 Å². The molecule has 6 aromatic carbocycles. The van der Waals surface area contributed by atoms with E-state index in [0.29, 0.717) is 0 Å². The molecule has 3 unspecified atom stereocenters. The van der Waals surface area contributed by atoms with E-state index in [2.05, 4.69) is 157 Å². The Bertz CT molecular complexity index is 1970. The van der Waals surface area contributed by atoms with Gasteiger partial charge in [0.05, 0.1) is 5.69 Å². The third-order valence-electron chi connectivity index (χ3n) is 10.8. The van der Waals surface area contributed by atoms with Crippen LogP contribution >= 0.6 is 0 Å². The van der Waals surface area contributed by atoms with Crippen molar-refractivity contribution in [2.75, 3.05) is 4.90 Å². The highest BCUT2D eigenvalue weighted by atomic mass is 15.1. The number of hydrogen-bond donors (Lipinski definition) is 0. The molecule has 212 valence electrons. The number of benzene rings is 6. The topological polar surface area (TPSA) is 3.24 Å². The molecule has 44 heavy (non-hydrogen) atoms. The number of para-hydroxylation sites is 1. The summed E-state index contributed by atoms with van der Waals surface area (Å²) < 4.78 is 0. The molecule has 2 bridgehead atoms. The van der Waals surface area contributed by atoms with Gasteiger partial charge in [0, 0.05) is 22.4 Å². The Balaban J connectivity index is 1.23. The van der Waals surface area contributed by atoms with Gasteiger partial charge in [0.25, 0.3) is 0 Å². The largest absolute Gasteiger partial charge is 0.310 e. The molecule has 3 aliphatic rings. The number of nitrogens with zero attached hydrogens (tertiary/aromatic N) is 1. The van der Waals surface area contributed by atoms with Crippen LogP contribution in [0.4, 0.5) is 17.1 Å². The summed E-state index contributed by atoms with van der Waals surface area (Å²) in [4.78, 5) is 2.46. The van der Waals surface area contributed by atoms with Crippen LogP contribution in [0.2, 0.25) is 0 Å². The van der Waals surface area contributed by atoms with Crippen LogP contribution in [0.25, 0.3) is 33.4 Å². The Morgan fingerprint density at radius 2 is 1.09 bits per heavy atom. The summed E-state index contributed by atoms with van der Waals surface area (Å²) in [5.41, 5.74) is 14.7. The van der Waals surface area contributed by atoms with Gasteiger partial charge in [0.1, 0.15) is 0 Å². The average Bonchev–Trinajstić information content (AvgIpc) is 3.79. The second kappa shape index (κ2) is 10.1. The first-order valence-electron chi connectivity index (χ1n) is 16.1. The molecule has 1 spiro atoms. The molecule has 2 saturated carbocycles. The van der Waals surface area contributed by atoms with Gasteiger partial charge in [-0.15, -0.1) is 0 Å². The quantitative estimate of drug-likeness (QED) is 0.201. The van der Waals surface area contributed by atoms with Crippen molar-refractivity contribution in [2.24, 2.45) is 11.8 Å². The lowest BCUT2D eigenvalue weighted by Gasteiger charge is -2.36. The monoisotopic (exact) mass is 565 g/mol. The van der Waals surface area contributed by atoms with Crippen LogP contribution in [-0.4, -0.2) is 0 Å². The van der Waals surface area contributed by atoms with Gasteiger partial charge in [-0.1, -0.05) is 128 Å². The standard InChI is InChI=1S/C43H35N/c1-3-11-31(12-4-1)32-20-23-35(24-21-32)44(42-18-10-8-15-37(42)33-13-5-2-6-14-33)36-25-26-41-39(28-36)38-16-7-9-17-40(38)43(41)29-30-19-22-34(43)27-30/h1-18,20-21,23-26,28,30,34H,19,22,27,29H2. The zero-order valence-corrected chi connectivity index (χ0v) is 24.9. The van der Waals surface area contributed by atoms with E-state index in [4.69, 9.17) is 0 Å². The summed E-state index contributed by atoms with van der Waals surface area (Å²) in [6.45, 7) is 0. The fourth-order valence-corrected chi connectivity index (χ4v) is 8.92. The predicted molar refractivity (Wildman–Crippen MR) is 184 cm³/mol. The van der Waals surface area contributed by atoms with Crippen LogP contribution in [0, 0.1) is 11.8 Å². The smallest absolute Gasteiger partial charge is 0.0540 e. The molecular formula is C43H35N. The third-order valence-corrected chi connectivity index (χ3v) is 10.8. The van der Waals surface area contributed by atoms with Crippen molar-refractivity contribution in [1.82, 2.24) is 0 Å². The van der Waals surface area contributed by atoms with Crippen molar-refractivity contribution in [1.29, 1.82) is 0 Å². The van der Waals surface area contributed by atoms with Crippen molar-refractivity contribution in [3.8, 4) is 33.4 Å². The second-order valence-corrected chi connectivity index (χ2v) is 13.0. The number of rotatable bonds is 5. The summed E-state index contributed by atoms with van der Waals surface area (Å²) in [5.74, 6) is 1.64. The van der Waals surface area contributed by atoms with Gasteiger partial charge in [-0.2, -0.15) is 0 Å². The first kappa shape index (κ1) is 25.6. The molecule has 0 saturated heterocycles. The van der Waals surface area contributed by atoms with Gasteiger partial charge in [0.15, 0.2) is 0 Å². The maximum absolute atomic E-state index is 2.49. The summed E-state index contributed by atoms with van der Waals surface area (Å²) in [6.07, 6.45) is 5.47. The molecule has 0 aliphatic heterocycles. The normalized spacial score (nSPS) is 20.9. The number of hydrogen-bond acceptors (Lipinski definition) is 1. The van der Waals surface area contributed by atoms with E-state index >= 15 is 0 Å². The van der Waals surface area contributed by atoms with Crippen LogP contribution in [-0.2, 0) is 5.41 Å². The van der Waals surface area contributed by atoms with Gasteiger partial charge >= 0.3 is 0 Å². The van der Waals surface area contributed by atoms with Crippen LogP contribution in [0.15, 0.2) is 152 Å². The summed E-state index contributed by atoms with van der Waals surface area (Å²) >= 11 is 0. The Labute approximate surface area is 260 Å². The number of fused-ring (bicyclic) bond motifs is 8. The number of anilines is 3. The maximum atomic E-state index is 2.49. The summed E-state index contributed by atoms with van der Waals surface area (Å²) in [7, 11) is 0. The molecule has 3 aliphatic carbocycles. The van der Waals surface area contributed by atoms with E-state index in [9.17, 15) is 0 Å². The fraction of sp³-hybridized carbons (Fsp3) is 0.163. The van der Waals surface area contributed by atoms with Crippen LogP contribution < -0.4 is 4.90 Å². The van der Waals surface area contributed by atoms with Crippen LogP contribution in [0.5, 0.6) is 0 Å². The second-order valence-electron chi connectivity index (χ2n) is 13.0. The Kier molecular flexibility index (Phi) is 5.88. The van der Waals surface area contributed by atoms with Gasteiger partial charge in [-0.25, -0.2) is 0 Å². The molecule has 0 heterocycles. The molecule has 1 heteroatoms. The molecule has 0 radical (unpaired) electrons. The molecule has 9 rings (SSSR count). The Morgan fingerprint density at radius 1 is 0.477 bits per heavy atom. The first-order chi connectivity index (χ1) is 21.8. The van der Waals surface area contributed by atoms with E-state index in [-0.39, 0.29) is 5.41 Å². The highest BCUT2D eigenvalue weighted by molar-refractivity contribution is 5.91. The lowest BCUT2D eigenvalue weighted by molar-refractivity contribution is 0.327. The maximum Gasteiger partial charge on any atom is 0.0540 e. The summed E-state index contributed by atoms with van der Waals surface area (Å²) in [5, 5.41) is 0. The minimum Gasteiger partial charge on any atom is -0.310 e. The van der Waals surface area contributed by atoms with Crippen molar-refractivity contribution < 1.29 is 0 Å². The van der Waals surface area contributed by atoms with E-state index < -0.39 is 0 Å². The van der Waals surface area contributed by atoms with E-state index in [1.54, 1.807) is 11.1 Å². The SMILES string of the molecule is c1ccc(-c2ccc(N(c3ccc4c(c3)-c3ccccc3C43CC4CCC3C4)c3ccccc3-c3ccccc3)cc2)cc1. The van der Waals surface area contributed by atoms with Gasteiger partial charge in [-0.05, 0) is 100 Å². The van der Waals surface area contributed by atoms with Crippen molar-refractivity contribution in [3.63, 3.8) is 0 Å². The van der Waals surface area contributed by atoms with E-state index in [1.165, 1.54) is 70.4 Å². The van der Waals surface area contributed by atoms with Gasteiger partial charge in [-0.3, -0.25) is 0 Å².